The molecule has 1 heterocycles. The Labute approximate surface area is 81.0 Å². The summed E-state index contributed by atoms with van der Waals surface area (Å²) in [4.78, 5) is 0. The molecule has 2 aliphatic rings. The highest BCUT2D eigenvalue weighted by Crippen LogP contribution is 2.31. The molecule has 4 atom stereocenters. The van der Waals surface area contributed by atoms with Crippen LogP contribution >= 0.6 is 0 Å². The van der Waals surface area contributed by atoms with Crippen molar-refractivity contribution < 1.29 is 4.74 Å². The van der Waals surface area contributed by atoms with Crippen molar-refractivity contribution in [1.29, 1.82) is 0 Å². The topological polar surface area (TPSA) is 21.3 Å². The lowest BCUT2D eigenvalue weighted by Gasteiger charge is -2.39. The fourth-order valence-electron chi connectivity index (χ4n) is 2.50. The highest BCUT2D eigenvalue weighted by molar-refractivity contribution is 4.91. The molecule has 1 aliphatic carbocycles. The van der Waals surface area contributed by atoms with Gasteiger partial charge in [-0.05, 0) is 32.1 Å². The van der Waals surface area contributed by atoms with Gasteiger partial charge in [-0.1, -0.05) is 13.3 Å². The van der Waals surface area contributed by atoms with Crippen LogP contribution in [0.25, 0.3) is 0 Å². The van der Waals surface area contributed by atoms with Crippen LogP contribution in [0.3, 0.4) is 0 Å². The molecule has 1 aliphatic heterocycles. The Balaban J connectivity index is 1.77. The van der Waals surface area contributed by atoms with Crippen molar-refractivity contribution in [3.63, 3.8) is 0 Å². The third-order valence-electron chi connectivity index (χ3n) is 3.75. The molecular weight excluding hydrogens is 162 g/mol. The molecule has 1 N–H and O–H groups in total. The van der Waals surface area contributed by atoms with Gasteiger partial charge in [0.25, 0.3) is 0 Å². The van der Waals surface area contributed by atoms with Gasteiger partial charge in [0.2, 0.25) is 0 Å². The molecule has 2 heteroatoms. The van der Waals surface area contributed by atoms with Crippen LogP contribution in [0.4, 0.5) is 0 Å². The van der Waals surface area contributed by atoms with Crippen LogP contribution in [-0.4, -0.2) is 24.8 Å². The van der Waals surface area contributed by atoms with Crippen molar-refractivity contribution in [3.8, 4) is 0 Å². The van der Waals surface area contributed by atoms with Gasteiger partial charge in [0.1, 0.15) is 0 Å². The van der Waals surface area contributed by atoms with E-state index >= 15 is 0 Å². The largest absolute Gasteiger partial charge is 0.377 e. The first-order chi connectivity index (χ1) is 6.31. The molecule has 1 saturated heterocycles. The molecule has 1 saturated carbocycles. The van der Waals surface area contributed by atoms with Gasteiger partial charge in [-0.15, -0.1) is 0 Å². The maximum Gasteiger partial charge on any atom is 0.0700 e. The number of hydrogen-bond acceptors (Lipinski definition) is 2. The molecule has 0 radical (unpaired) electrons. The quantitative estimate of drug-likeness (QED) is 0.722. The summed E-state index contributed by atoms with van der Waals surface area (Å²) in [7, 11) is 0. The standard InChI is InChI=1S/C11H21NO/c1-3-9-4-5-11(9)12-10-6-7-13-8(10)2/h8-12H,3-7H2,1-2H3/t8-,9?,10-,11?/m1/s1. The molecule has 0 aromatic carbocycles. The molecule has 0 bridgehead atoms. The minimum atomic E-state index is 0.429. The van der Waals surface area contributed by atoms with Gasteiger partial charge in [0.15, 0.2) is 0 Å². The highest BCUT2D eigenvalue weighted by Gasteiger charge is 2.33. The molecule has 0 aromatic rings. The van der Waals surface area contributed by atoms with Gasteiger partial charge in [0, 0.05) is 18.7 Å². The van der Waals surface area contributed by atoms with Crippen molar-refractivity contribution >= 4 is 0 Å². The first kappa shape index (κ1) is 9.47. The van der Waals surface area contributed by atoms with E-state index in [0.29, 0.717) is 12.1 Å². The van der Waals surface area contributed by atoms with Gasteiger partial charge in [-0.25, -0.2) is 0 Å². The predicted octanol–water partition coefficient (Wildman–Crippen LogP) is 1.94. The third-order valence-corrected chi connectivity index (χ3v) is 3.75. The lowest BCUT2D eigenvalue weighted by molar-refractivity contribution is 0.0987. The Morgan fingerprint density at radius 3 is 2.54 bits per heavy atom. The molecule has 2 nitrogen and oxygen atoms in total. The second kappa shape index (κ2) is 3.97. The van der Waals surface area contributed by atoms with Gasteiger partial charge in [-0.2, -0.15) is 0 Å². The molecule has 0 amide bonds. The number of hydrogen-bond donors (Lipinski definition) is 1. The van der Waals surface area contributed by atoms with E-state index in [0.717, 1.165) is 18.6 Å². The van der Waals surface area contributed by atoms with E-state index in [1.54, 1.807) is 0 Å². The van der Waals surface area contributed by atoms with E-state index in [9.17, 15) is 0 Å². The van der Waals surface area contributed by atoms with Gasteiger partial charge in [-0.3, -0.25) is 0 Å². The Hall–Kier alpha value is -0.0800. The zero-order chi connectivity index (χ0) is 9.26. The van der Waals surface area contributed by atoms with Gasteiger partial charge in [0.05, 0.1) is 6.10 Å². The van der Waals surface area contributed by atoms with Crippen LogP contribution in [0.2, 0.25) is 0 Å². The number of rotatable bonds is 3. The third kappa shape index (κ3) is 1.89. The minimum Gasteiger partial charge on any atom is -0.377 e. The molecule has 0 aromatic heterocycles. The van der Waals surface area contributed by atoms with Crippen LogP contribution in [0, 0.1) is 5.92 Å². The molecule has 2 fully saturated rings. The Morgan fingerprint density at radius 1 is 1.23 bits per heavy atom. The molecule has 2 rings (SSSR count). The van der Waals surface area contributed by atoms with Crippen LogP contribution in [0.1, 0.15) is 39.5 Å². The van der Waals surface area contributed by atoms with Crippen molar-refractivity contribution in [2.45, 2.75) is 57.7 Å². The van der Waals surface area contributed by atoms with Gasteiger partial charge >= 0.3 is 0 Å². The van der Waals surface area contributed by atoms with E-state index in [1.807, 2.05) is 0 Å². The first-order valence-electron chi connectivity index (χ1n) is 5.69. The van der Waals surface area contributed by atoms with Crippen LogP contribution in [0.5, 0.6) is 0 Å². The Kier molecular flexibility index (Phi) is 2.89. The molecule has 2 unspecified atom stereocenters. The summed E-state index contributed by atoms with van der Waals surface area (Å²) in [6, 6.07) is 1.42. The summed E-state index contributed by atoms with van der Waals surface area (Å²) in [5.74, 6) is 0.938. The van der Waals surface area contributed by atoms with Crippen molar-refractivity contribution in [1.82, 2.24) is 5.32 Å². The number of nitrogens with one attached hydrogen (secondary N) is 1. The maximum atomic E-state index is 5.54. The summed E-state index contributed by atoms with van der Waals surface area (Å²) in [5, 5.41) is 3.74. The van der Waals surface area contributed by atoms with E-state index in [-0.39, 0.29) is 0 Å². The SMILES string of the molecule is CCC1CCC1N[C@@H]1CCO[C@@H]1C. The zero-order valence-electron chi connectivity index (χ0n) is 8.75. The Bertz CT molecular complexity index is 169. The normalized spacial score (nSPS) is 44.8. The van der Waals surface area contributed by atoms with E-state index in [4.69, 9.17) is 4.74 Å². The lowest BCUT2D eigenvalue weighted by Crippen LogP contribution is -2.50. The molecule has 13 heavy (non-hydrogen) atoms. The fourth-order valence-corrected chi connectivity index (χ4v) is 2.50. The van der Waals surface area contributed by atoms with E-state index in [1.165, 1.54) is 25.7 Å². The smallest absolute Gasteiger partial charge is 0.0700 e. The van der Waals surface area contributed by atoms with Crippen molar-refractivity contribution in [2.24, 2.45) is 5.92 Å². The summed E-state index contributed by atoms with van der Waals surface area (Å²) in [6.07, 6.45) is 5.77. The lowest BCUT2D eigenvalue weighted by atomic mass is 9.77. The second-order valence-corrected chi connectivity index (χ2v) is 4.49. The average molecular weight is 183 g/mol. The van der Waals surface area contributed by atoms with E-state index < -0.39 is 0 Å². The van der Waals surface area contributed by atoms with Crippen LogP contribution < -0.4 is 5.32 Å². The van der Waals surface area contributed by atoms with Gasteiger partial charge < -0.3 is 10.1 Å². The molecule has 76 valence electrons. The van der Waals surface area contributed by atoms with Crippen molar-refractivity contribution in [2.75, 3.05) is 6.61 Å². The van der Waals surface area contributed by atoms with Crippen molar-refractivity contribution in [3.05, 3.63) is 0 Å². The van der Waals surface area contributed by atoms with E-state index in [2.05, 4.69) is 19.2 Å². The monoisotopic (exact) mass is 183 g/mol. The first-order valence-corrected chi connectivity index (χ1v) is 5.69. The summed E-state index contributed by atoms with van der Waals surface area (Å²) < 4.78 is 5.54. The number of ether oxygens (including phenoxy) is 1. The zero-order valence-corrected chi connectivity index (χ0v) is 8.75. The fraction of sp³-hybridized carbons (Fsp3) is 1.00. The van der Waals surface area contributed by atoms with Crippen LogP contribution in [0.15, 0.2) is 0 Å². The second-order valence-electron chi connectivity index (χ2n) is 4.49. The molecular formula is C11H21NO. The summed E-state index contributed by atoms with van der Waals surface area (Å²) in [6.45, 7) is 5.43. The highest BCUT2D eigenvalue weighted by atomic mass is 16.5. The maximum absolute atomic E-state index is 5.54. The Morgan fingerprint density at radius 2 is 2.08 bits per heavy atom. The average Bonchev–Trinajstić information content (AvgIpc) is 2.46. The summed E-state index contributed by atoms with van der Waals surface area (Å²) >= 11 is 0. The summed E-state index contributed by atoms with van der Waals surface area (Å²) in [5.41, 5.74) is 0. The van der Waals surface area contributed by atoms with Crippen LogP contribution in [-0.2, 0) is 4.74 Å². The predicted molar refractivity (Wildman–Crippen MR) is 53.8 cm³/mol. The minimum absolute atomic E-state index is 0.429. The molecule has 0 spiro atoms.